The molecule has 0 saturated heterocycles. The van der Waals surface area contributed by atoms with E-state index in [4.69, 9.17) is 14.2 Å². The first kappa shape index (κ1) is 26.4. The SMILES string of the molecule is CCOc1cc(C=NNC(=O)CNS(=O)(=O)c2ccccc2)ccc1OC(=O)c1ccc(OC)cc1. The lowest BCUT2D eigenvalue weighted by molar-refractivity contribution is -0.119. The summed E-state index contributed by atoms with van der Waals surface area (Å²) in [5.41, 5.74) is 3.14. The monoisotopic (exact) mass is 511 g/mol. The van der Waals surface area contributed by atoms with E-state index in [-0.39, 0.29) is 10.6 Å². The van der Waals surface area contributed by atoms with Crippen molar-refractivity contribution in [2.75, 3.05) is 20.3 Å². The summed E-state index contributed by atoms with van der Waals surface area (Å²) in [4.78, 5) is 24.5. The Balaban J connectivity index is 1.59. The molecule has 0 aliphatic rings. The van der Waals surface area contributed by atoms with Crippen LogP contribution in [0, 0.1) is 0 Å². The molecule has 0 heterocycles. The third-order valence-corrected chi connectivity index (χ3v) is 6.09. The van der Waals surface area contributed by atoms with Gasteiger partial charge in [-0.15, -0.1) is 0 Å². The molecule has 3 rings (SSSR count). The Hall–Kier alpha value is -4.22. The number of nitrogens with zero attached hydrogens (tertiary/aromatic N) is 1. The molecule has 0 aliphatic carbocycles. The van der Waals surface area contributed by atoms with Crippen molar-refractivity contribution in [3.63, 3.8) is 0 Å². The highest BCUT2D eigenvalue weighted by Crippen LogP contribution is 2.29. The molecule has 0 aliphatic heterocycles. The molecule has 188 valence electrons. The topological polar surface area (TPSA) is 132 Å². The van der Waals surface area contributed by atoms with E-state index in [1.54, 1.807) is 67.6 Å². The maximum absolute atomic E-state index is 12.5. The highest BCUT2D eigenvalue weighted by Gasteiger charge is 2.15. The number of hydrogen-bond acceptors (Lipinski definition) is 8. The number of ether oxygens (including phenoxy) is 3. The summed E-state index contributed by atoms with van der Waals surface area (Å²) in [5, 5.41) is 3.84. The molecule has 10 nitrogen and oxygen atoms in total. The van der Waals surface area contributed by atoms with Gasteiger partial charge in [0, 0.05) is 0 Å². The van der Waals surface area contributed by atoms with Crippen molar-refractivity contribution in [2.24, 2.45) is 5.10 Å². The van der Waals surface area contributed by atoms with Crippen LogP contribution in [0.1, 0.15) is 22.8 Å². The van der Waals surface area contributed by atoms with Gasteiger partial charge in [-0.3, -0.25) is 4.79 Å². The highest BCUT2D eigenvalue weighted by molar-refractivity contribution is 7.89. The number of methoxy groups -OCH3 is 1. The lowest BCUT2D eigenvalue weighted by Crippen LogP contribution is -2.34. The molecule has 0 unspecified atom stereocenters. The Labute approximate surface area is 208 Å². The average molecular weight is 512 g/mol. The number of benzene rings is 3. The number of carbonyl (C=O) groups excluding carboxylic acids is 2. The van der Waals surface area contributed by atoms with Gasteiger partial charge in [0.1, 0.15) is 5.75 Å². The van der Waals surface area contributed by atoms with E-state index in [0.717, 1.165) is 0 Å². The Kier molecular flexibility index (Phi) is 9.14. The van der Waals surface area contributed by atoms with E-state index in [2.05, 4.69) is 15.2 Å². The minimum Gasteiger partial charge on any atom is -0.497 e. The largest absolute Gasteiger partial charge is 0.497 e. The Morgan fingerprint density at radius 2 is 1.69 bits per heavy atom. The van der Waals surface area contributed by atoms with Crippen molar-refractivity contribution in [3.05, 3.63) is 83.9 Å². The number of nitrogens with one attached hydrogen (secondary N) is 2. The molecule has 1 amide bonds. The maximum Gasteiger partial charge on any atom is 0.343 e. The van der Waals surface area contributed by atoms with Gasteiger partial charge in [-0.2, -0.15) is 5.10 Å². The summed E-state index contributed by atoms with van der Waals surface area (Å²) in [7, 11) is -2.28. The van der Waals surface area contributed by atoms with Crippen LogP contribution in [0.5, 0.6) is 17.2 Å². The molecule has 3 aromatic rings. The standard InChI is InChI=1S/C25H25N3O7S/c1-3-34-23-15-18(9-14-22(23)35-25(30)19-10-12-20(33-2)13-11-19)16-26-28-24(29)17-27-36(31,32)21-7-5-4-6-8-21/h4-16,27H,3,17H2,1-2H3,(H,28,29). The van der Waals surface area contributed by atoms with Gasteiger partial charge in [0.05, 0.1) is 36.9 Å². The lowest BCUT2D eigenvalue weighted by atomic mass is 10.2. The minimum atomic E-state index is -3.81. The summed E-state index contributed by atoms with van der Waals surface area (Å²) < 4.78 is 42.7. The quantitative estimate of drug-likeness (QED) is 0.175. The van der Waals surface area contributed by atoms with Crippen molar-refractivity contribution >= 4 is 28.1 Å². The third kappa shape index (κ3) is 7.39. The zero-order valence-corrected chi connectivity index (χ0v) is 20.4. The van der Waals surface area contributed by atoms with Gasteiger partial charge < -0.3 is 14.2 Å². The first-order valence-corrected chi connectivity index (χ1v) is 12.3. The van der Waals surface area contributed by atoms with Gasteiger partial charge in [0.2, 0.25) is 10.0 Å². The van der Waals surface area contributed by atoms with Gasteiger partial charge in [-0.25, -0.2) is 23.4 Å². The summed E-state index contributed by atoms with van der Waals surface area (Å²) in [6.07, 6.45) is 1.35. The fourth-order valence-electron chi connectivity index (χ4n) is 2.91. The first-order chi connectivity index (χ1) is 17.3. The van der Waals surface area contributed by atoms with Crippen LogP contribution in [0.15, 0.2) is 82.8 Å². The van der Waals surface area contributed by atoms with Gasteiger partial charge in [0.25, 0.3) is 5.91 Å². The molecule has 0 spiro atoms. The van der Waals surface area contributed by atoms with E-state index < -0.39 is 28.4 Å². The minimum absolute atomic E-state index is 0.0533. The molecule has 0 aromatic heterocycles. The van der Waals surface area contributed by atoms with Crippen LogP contribution >= 0.6 is 0 Å². The Bertz CT molecular complexity index is 1330. The molecule has 3 aromatic carbocycles. The second-order valence-corrected chi connectivity index (χ2v) is 8.95. The maximum atomic E-state index is 12.5. The third-order valence-electron chi connectivity index (χ3n) is 4.68. The zero-order valence-electron chi connectivity index (χ0n) is 19.6. The van der Waals surface area contributed by atoms with Gasteiger partial charge in [-0.05, 0) is 67.1 Å². The van der Waals surface area contributed by atoms with Crippen molar-refractivity contribution in [3.8, 4) is 17.2 Å². The van der Waals surface area contributed by atoms with Crippen LogP contribution in [-0.4, -0.2) is 46.8 Å². The molecule has 2 N–H and O–H groups in total. The number of carbonyl (C=O) groups is 2. The van der Waals surface area contributed by atoms with E-state index in [9.17, 15) is 18.0 Å². The number of hydrogen-bond donors (Lipinski definition) is 2. The second kappa shape index (κ2) is 12.5. The molecule has 0 radical (unpaired) electrons. The lowest BCUT2D eigenvalue weighted by Gasteiger charge is -2.11. The van der Waals surface area contributed by atoms with E-state index in [1.165, 1.54) is 25.5 Å². The zero-order chi connectivity index (χ0) is 26.0. The molecule has 0 atom stereocenters. The summed E-state index contributed by atoms with van der Waals surface area (Å²) >= 11 is 0. The fourth-order valence-corrected chi connectivity index (χ4v) is 3.91. The first-order valence-electron chi connectivity index (χ1n) is 10.8. The molecule has 0 saturated carbocycles. The van der Waals surface area contributed by atoms with E-state index >= 15 is 0 Å². The molecule has 11 heteroatoms. The van der Waals surface area contributed by atoms with Gasteiger partial charge in [-0.1, -0.05) is 18.2 Å². The van der Waals surface area contributed by atoms with E-state index in [0.29, 0.717) is 29.2 Å². The predicted molar refractivity (Wildman–Crippen MR) is 133 cm³/mol. The van der Waals surface area contributed by atoms with Gasteiger partial charge >= 0.3 is 5.97 Å². The molecule has 0 fully saturated rings. The molecule has 0 bridgehead atoms. The fraction of sp³-hybridized carbons (Fsp3) is 0.160. The number of sulfonamides is 1. The number of esters is 1. The number of hydrazone groups is 1. The summed E-state index contributed by atoms with van der Waals surface area (Å²) in [6.45, 7) is 1.62. The van der Waals surface area contributed by atoms with Crippen LogP contribution in [0.3, 0.4) is 0 Å². The molecular weight excluding hydrogens is 486 g/mol. The summed E-state index contributed by atoms with van der Waals surface area (Å²) in [5.74, 6) is -0.0728. The Morgan fingerprint density at radius 1 is 0.972 bits per heavy atom. The van der Waals surface area contributed by atoms with Crippen LogP contribution in [-0.2, 0) is 14.8 Å². The number of amides is 1. The normalized spacial score (nSPS) is 11.2. The smallest absolute Gasteiger partial charge is 0.343 e. The van der Waals surface area contributed by atoms with Crippen molar-refractivity contribution in [1.82, 2.24) is 10.1 Å². The van der Waals surface area contributed by atoms with Crippen molar-refractivity contribution in [2.45, 2.75) is 11.8 Å². The summed E-state index contributed by atoms with van der Waals surface area (Å²) in [6, 6.07) is 18.9. The van der Waals surface area contributed by atoms with Crippen LogP contribution in [0.25, 0.3) is 0 Å². The van der Waals surface area contributed by atoms with Crippen LogP contribution < -0.4 is 24.4 Å². The van der Waals surface area contributed by atoms with Gasteiger partial charge in [0.15, 0.2) is 11.5 Å². The average Bonchev–Trinajstić information content (AvgIpc) is 2.89. The number of rotatable bonds is 11. The molecular formula is C25H25N3O7S. The second-order valence-electron chi connectivity index (χ2n) is 7.19. The van der Waals surface area contributed by atoms with Crippen molar-refractivity contribution in [1.29, 1.82) is 0 Å². The van der Waals surface area contributed by atoms with Crippen LogP contribution in [0.2, 0.25) is 0 Å². The predicted octanol–water partition coefficient (Wildman–Crippen LogP) is 2.74. The molecule has 36 heavy (non-hydrogen) atoms. The Morgan fingerprint density at radius 3 is 2.36 bits per heavy atom. The van der Waals surface area contributed by atoms with E-state index in [1.807, 2.05) is 0 Å². The van der Waals surface area contributed by atoms with Crippen LogP contribution in [0.4, 0.5) is 0 Å². The highest BCUT2D eigenvalue weighted by atomic mass is 32.2. The van der Waals surface area contributed by atoms with Crippen molar-refractivity contribution < 1.29 is 32.2 Å².